The van der Waals surface area contributed by atoms with Crippen molar-refractivity contribution in [3.05, 3.63) is 34.4 Å². The number of nitrogens with zero attached hydrogens (tertiary/aromatic N) is 3. The van der Waals surface area contributed by atoms with Gasteiger partial charge in [-0.25, -0.2) is 0 Å². The number of rotatable bonds is 8. The van der Waals surface area contributed by atoms with E-state index in [9.17, 15) is 19.7 Å². The van der Waals surface area contributed by atoms with Crippen molar-refractivity contribution in [3.8, 4) is 5.75 Å². The van der Waals surface area contributed by atoms with Crippen LogP contribution in [-0.4, -0.2) is 71.9 Å². The SMILES string of the molecule is CCC(C)NC(=O)CN1CCN(C(=O)COc2cccc([N+](=O)[O-])c2)CC1. The van der Waals surface area contributed by atoms with Crippen LogP contribution in [-0.2, 0) is 9.59 Å². The van der Waals surface area contributed by atoms with Gasteiger partial charge >= 0.3 is 0 Å². The molecule has 27 heavy (non-hydrogen) atoms. The van der Waals surface area contributed by atoms with E-state index >= 15 is 0 Å². The van der Waals surface area contributed by atoms with Crippen LogP contribution in [0.15, 0.2) is 24.3 Å². The van der Waals surface area contributed by atoms with Gasteiger partial charge in [-0.05, 0) is 19.4 Å². The molecule has 1 aliphatic rings. The highest BCUT2D eigenvalue weighted by Crippen LogP contribution is 2.19. The van der Waals surface area contributed by atoms with Crippen molar-refractivity contribution >= 4 is 17.5 Å². The molecule has 1 unspecified atom stereocenters. The van der Waals surface area contributed by atoms with Gasteiger partial charge in [-0.3, -0.25) is 24.6 Å². The summed E-state index contributed by atoms with van der Waals surface area (Å²) in [5.41, 5.74) is -0.0794. The molecule has 1 heterocycles. The van der Waals surface area contributed by atoms with E-state index in [0.717, 1.165) is 6.42 Å². The Morgan fingerprint density at radius 1 is 1.30 bits per heavy atom. The Labute approximate surface area is 158 Å². The number of nitro benzene ring substituents is 1. The zero-order chi connectivity index (χ0) is 19.8. The predicted octanol–water partition coefficient (Wildman–Crippen LogP) is 1.03. The van der Waals surface area contributed by atoms with Crippen molar-refractivity contribution in [1.29, 1.82) is 0 Å². The summed E-state index contributed by atoms with van der Waals surface area (Å²) in [6.45, 7) is 6.43. The zero-order valence-corrected chi connectivity index (χ0v) is 15.7. The van der Waals surface area contributed by atoms with Gasteiger partial charge in [0.1, 0.15) is 5.75 Å². The van der Waals surface area contributed by atoms with Crippen LogP contribution < -0.4 is 10.1 Å². The van der Waals surface area contributed by atoms with E-state index in [2.05, 4.69) is 5.32 Å². The van der Waals surface area contributed by atoms with Gasteiger partial charge in [0.2, 0.25) is 5.91 Å². The molecular weight excluding hydrogens is 352 g/mol. The third kappa shape index (κ3) is 6.52. The number of nitro groups is 1. The Morgan fingerprint density at radius 2 is 2.00 bits per heavy atom. The van der Waals surface area contributed by atoms with Gasteiger partial charge in [0, 0.05) is 38.3 Å². The number of hydrogen-bond acceptors (Lipinski definition) is 6. The fourth-order valence-corrected chi connectivity index (χ4v) is 2.70. The number of non-ortho nitro benzene ring substituents is 1. The molecule has 2 rings (SSSR count). The topological polar surface area (TPSA) is 105 Å². The fraction of sp³-hybridized carbons (Fsp3) is 0.556. The maximum absolute atomic E-state index is 12.3. The molecule has 1 aliphatic heterocycles. The van der Waals surface area contributed by atoms with Crippen molar-refractivity contribution in [2.45, 2.75) is 26.3 Å². The van der Waals surface area contributed by atoms with Crippen LogP contribution in [0.25, 0.3) is 0 Å². The second-order valence-corrected chi connectivity index (χ2v) is 6.58. The van der Waals surface area contributed by atoms with E-state index in [1.807, 2.05) is 18.7 Å². The molecule has 0 bridgehead atoms. The summed E-state index contributed by atoms with van der Waals surface area (Å²) in [4.78, 5) is 38.2. The zero-order valence-electron chi connectivity index (χ0n) is 15.7. The summed E-state index contributed by atoms with van der Waals surface area (Å²) < 4.78 is 5.39. The number of carbonyl (C=O) groups is 2. The van der Waals surface area contributed by atoms with Crippen molar-refractivity contribution in [2.24, 2.45) is 0 Å². The second kappa shape index (κ2) is 9.86. The van der Waals surface area contributed by atoms with Crippen LogP contribution in [0.3, 0.4) is 0 Å². The highest BCUT2D eigenvalue weighted by atomic mass is 16.6. The van der Waals surface area contributed by atoms with Crippen molar-refractivity contribution < 1.29 is 19.2 Å². The maximum atomic E-state index is 12.3. The van der Waals surface area contributed by atoms with Gasteiger partial charge < -0.3 is 15.0 Å². The molecule has 1 N–H and O–H groups in total. The normalized spacial score (nSPS) is 15.9. The molecule has 0 aromatic heterocycles. The molecule has 0 radical (unpaired) electrons. The number of benzene rings is 1. The molecule has 2 amide bonds. The molecule has 1 atom stereocenters. The smallest absolute Gasteiger partial charge is 0.273 e. The van der Waals surface area contributed by atoms with Crippen molar-refractivity contribution in [3.63, 3.8) is 0 Å². The van der Waals surface area contributed by atoms with Crippen molar-refractivity contribution in [1.82, 2.24) is 15.1 Å². The molecule has 1 aromatic carbocycles. The number of ether oxygens (including phenoxy) is 1. The summed E-state index contributed by atoms with van der Waals surface area (Å²) >= 11 is 0. The molecule has 1 saturated heterocycles. The summed E-state index contributed by atoms with van der Waals surface area (Å²) in [6, 6.07) is 5.91. The number of piperazine rings is 1. The minimum atomic E-state index is -0.509. The fourth-order valence-electron chi connectivity index (χ4n) is 2.70. The lowest BCUT2D eigenvalue weighted by atomic mass is 10.2. The van der Waals surface area contributed by atoms with E-state index in [-0.39, 0.29) is 35.9 Å². The van der Waals surface area contributed by atoms with Crippen LogP contribution in [0, 0.1) is 10.1 Å². The van der Waals surface area contributed by atoms with E-state index in [4.69, 9.17) is 4.74 Å². The Bertz CT molecular complexity index is 673. The first kappa shape index (κ1) is 20.6. The molecule has 0 saturated carbocycles. The molecule has 9 heteroatoms. The number of amides is 2. The average molecular weight is 378 g/mol. The lowest BCUT2D eigenvalue weighted by molar-refractivity contribution is -0.384. The lowest BCUT2D eigenvalue weighted by Gasteiger charge is -2.34. The number of hydrogen-bond donors (Lipinski definition) is 1. The summed E-state index contributed by atoms with van der Waals surface area (Å²) in [5.74, 6) is 0.112. The first-order chi connectivity index (χ1) is 12.9. The average Bonchev–Trinajstić information content (AvgIpc) is 2.66. The van der Waals surface area contributed by atoms with E-state index in [1.165, 1.54) is 18.2 Å². The molecule has 148 valence electrons. The van der Waals surface area contributed by atoms with Crippen LogP contribution in [0.5, 0.6) is 5.75 Å². The monoisotopic (exact) mass is 378 g/mol. The van der Waals surface area contributed by atoms with Crippen LogP contribution >= 0.6 is 0 Å². The maximum Gasteiger partial charge on any atom is 0.273 e. The largest absolute Gasteiger partial charge is 0.484 e. The van der Waals surface area contributed by atoms with Gasteiger partial charge in [-0.1, -0.05) is 13.0 Å². The van der Waals surface area contributed by atoms with Crippen LogP contribution in [0.2, 0.25) is 0 Å². The molecule has 9 nitrogen and oxygen atoms in total. The first-order valence-electron chi connectivity index (χ1n) is 9.05. The predicted molar refractivity (Wildman–Crippen MR) is 99.5 cm³/mol. The summed E-state index contributed by atoms with van der Waals surface area (Å²) in [7, 11) is 0. The third-order valence-electron chi connectivity index (χ3n) is 4.50. The third-order valence-corrected chi connectivity index (χ3v) is 4.50. The highest BCUT2D eigenvalue weighted by Gasteiger charge is 2.23. The molecule has 0 spiro atoms. The van der Waals surface area contributed by atoms with Gasteiger partial charge in [-0.15, -0.1) is 0 Å². The van der Waals surface area contributed by atoms with Gasteiger partial charge in [0.25, 0.3) is 11.6 Å². The number of nitrogens with one attached hydrogen (secondary N) is 1. The van der Waals surface area contributed by atoms with Crippen LogP contribution in [0.1, 0.15) is 20.3 Å². The molecule has 1 aromatic rings. The minimum absolute atomic E-state index is 0.00173. The van der Waals surface area contributed by atoms with Gasteiger partial charge in [0.15, 0.2) is 6.61 Å². The van der Waals surface area contributed by atoms with Gasteiger partial charge in [0.05, 0.1) is 17.5 Å². The quantitative estimate of drug-likeness (QED) is 0.535. The molecular formula is C18H26N4O5. The molecule has 1 fully saturated rings. The summed E-state index contributed by atoms with van der Waals surface area (Å²) in [6.07, 6.45) is 0.887. The Balaban J connectivity index is 1.74. The minimum Gasteiger partial charge on any atom is -0.484 e. The second-order valence-electron chi connectivity index (χ2n) is 6.58. The van der Waals surface area contributed by atoms with E-state index in [0.29, 0.717) is 32.7 Å². The van der Waals surface area contributed by atoms with E-state index in [1.54, 1.807) is 11.0 Å². The molecule has 0 aliphatic carbocycles. The van der Waals surface area contributed by atoms with Crippen molar-refractivity contribution in [2.75, 3.05) is 39.3 Å². The standard InChI is InChI=1S/C18H26N4O5/c1-3-14(2)19-17(23)12-20-7-9-21(10-8-20)18(24)13-27-16-6-4-5-15(11-16)22(25)26/h4-6,11,14H,3,7-10,12-13H2,1-2H3,(H,19,23). The Hall–Kier alpha value is -2.68. The first-order valence-corrected chi connectivity index (χ1v) is 9.05. The Kier molecular flexibility index (Phi) is 7.54. The highest BCUT2D eigenvalue weighted by molar-refractivity contribution is 5.79. The number of carbonyl (C=O) groups excluding carboxylic acids is 2. The lowest BCUT2D eigenvalue weighted by Crippen LogP contribution is -2.52. The van der Waals surface area contributed by atoms with E-state index < -0.39 is 4.92 Å². The van der Waals surface area contributed by atoms with Crippen LogP contribution in [0.4, 0.5) is 5.69 Å². The van der Waals surface area contributed by atoms with Gasteiger partial charge in [-0.2, -0.15) is 0 Å². The summed E-state index contributed by atoms with van der Waals surface area (Å²) in [5, 5.41) is 13.7. The Morgan fingerprint density at radius 3 is 2.63 bits per heavy atom.